The van der Waals surface area contributed by atoms with E-state index in [9.17, 15) is 4.79 Å². The molecule has 0 saturated carbocycles. The minimum atomic E-state index is -0.0437. The molecule has 1 aliphatic rings. The third kappa shape index (κ3) is 3.67. The van der Waals surface area contributed by atoms with Crippen molar-refractivity contribution < 1.29 is 4.74 Å². The van der Waals surface area contributed by atoms with Gasteiger partial charge in [0.15, 0.2) is 0 Å². The second kappa shape index (κ2) is 7.76. The minimum Gasteiger partial charge on any atom is -0.490 e. The van der Waals surface area contributed by atoms with Crippen LogP contribution >= 0.6 is 0 Å². The largest absolute Gasteiger partial charge is 0.490 e. The molecule has 4 rings (SSSR count). The number of nitrogens with zero attached hydrogens (tertiary/aromatic N) is 3. The molecule has 5 nitrogen and oxygen atoms in total. The number of aromatic nitrogens is 2. The average molecular weight is 377 g/mol. The zero-order chi connectivity index (χ0) is 19.7. The van der Waals surface area contributed by atoms with Crippen LogP contribution in [-0.4, -0.2) is 39.7 Å². The molecule has 1 saturated heterocycles. The van der Waals surface area contributed by atoms with Crippen LogP contribution in [0.25, 0.3) is 16.6 Å². The molecule has 1 aliphatic heterocycles. The summed E-state index contributed by atoms with van der Waals surface area (Å²) in [6.45, 7) is 8.51. The summed E-state index contributed by atoms with van der Waals surface area (Å²) in [5.74, 6) is 1.53. The highest BCUT2D eigenvalue weighted by Crippen LogP contribution is 2.22. The van der Waals surface area contributed by atoms with Gasteiger partial charge in [-0.2, -0.15) is 0 Å². The summed E-state index contributed by atoms with van der Waals surface area (Å²) in [6, 6.07) is 15.8. The van der Waals surface area contributed by atoms with Crippen molar-refractivity contribution in [3.63, 3.8) is 0 Å². The monoisotopic (exact) mass is 377 g/mol. The predicted octanol–water partition coefficient (Wildman–Crippen LogP) is 3.95. The Morgan fingerprint density at radius 3 is 2.39 bits per heavy atom. The Morgan fingerprint density at radius 2 is 1.71 bits per heavy atom. The fourth-order valence-corrected chi connectivity index (χ4v) is 3.92. The van der Waals surface area contributed by atoms with Gasteiger partial charge in [0.05, 0.1) is 16.6 Å². The second-order valence-corrected chi connectivity index (χ2v) is 7.76. The second-order valence-electron chi connectivity index (χ2n) is 7.76. The molecule has 1 fully saturated rings. The smallest absolute Gasteiger partial charge is 0.265 e. The van der Waals surface area contributed by atoms with Gasteiger partial charge in [-0.25, -0.2) is 4.98 Å². The lowest BCUT2D eigenvalue weighted by Crippen LogP contribution is -2.41. The molecule has 0 radical (unpaired) electrons. The lowest BCUT2D eigenvalue weighted by atomic mass is 10.1. The normalized spacial score (nSPS) is 16.0. The first kappa shape index (κ1) is 18.7. The number of fused-ring (bicyclic) bond motifs is 1. The minimum absolute atomic E-state index is 0.0437. The third-order valence-corrected chi connectivity index (χ3v) is 5.55. The number of hydrogen-bond acceptors (Lipinski definition) is 4. The Balaban J connectivity index is 1.53. The zero-order valence-corrected chi connectivity index (χ0v) is 16.8. The molecule has 0 atom stereocenters. The van der Waals surface area contributed by atoms with Gasteiger partial charge in [-0.15, -0.1) is 0 Å². The summed E-state index contributed by atoms with van der Waals surface area (Å²) in [4.78, 5) is 20.0. The molecule has 2 heterocycles. The molecule has 0 N–H and O–H groups in total. The molecule has 146 valence electrons. The fraction of sp³-hybridized carbons (Fsp3) is 0.391. The van der Waals surface area contributed by atoms with Gasteiger partial charge < -0.3 is 9.64 Å². The Bertz CT molecular complexity index is 1020. The SMILES string of the molecule is Cc1nc2ccccc2c(=O)n1-c1ccc(OC2CCN(C(C)C)CC2)cc1. The Kier molecular flexibility index (Phi) is 5.18. The van der Waals surface area contributed by atoms with E-state index in [-0.39, 0.29) is 11.7 Å². The van der Waals surface area contributed by atoms with Gasteiger partial charge in [-0.3, -0.25) is 9.36 Å². The van der Waals surface area contributed by atoms with Gasteiger partial charge in [-0.05, 0) is 70.0 Å². The van der Waals surface area contributed by atoms with Gasteiger partial charge in [0.25, 0.3) is 5.56 Å². The Morgan fingerprint density at radius 1 is 1.04 bits per heavy atom. The van der Waals surface area contributed by atoms with Crippen molar-refractivity contribution in [1.82, 2.24) is 14.5 Å². The van der Waals surface area contributed by atoms with E-state index < -0.39 is 0 Å². The number of aryl methyl sites for hydroxylation is 1. The summed E-state index contributed by atoms with van der Waals surface area (Å²) < 4.78 is 7.84. The van der Waals surface area contributed by atoms with Gasteiger partial charge in [0.2, 0.25) is 0 Å². The molecule has 0 bridgehead atoms. The summed E-state index contributed by atoms with van der Waals surface area (Å²) in [7, 11) is 0. The number of benzene rings is 2. The Labute approximate surface area is 165 Å². The van der Waals surface area contributed by atoms with Crippen LogP contribution in [0.2, 0.25) is 0 Å². The van der Waals surface area contributed by atoms with Crippen molar-refractivity contribution in [2.75, 3.05) is 13.1 Å². The van der Waals surface area contributed by atoms with Crippen molar-refractivity contribution in [2.45, 2.75) is 45.8 Å². The van der Waals surface area contributed by atoms with E-state index in [0.717, 1.165) is 42.9 Å². The summed E-state index contributed by atoms with van der Waals surface area (Å²) in [5, 5.41) is 0.630. The van der Waals surface area contributed by atoms with E-state index in [1.165, 1.54) is 0 Å². The van der Waals surface area contributed by atoms with Crippen molar-refractivity contribution in [1.29, 1.82) is 0 Å². The highest BCUT2D eigenvalue weighted by molar-refractivity contribution is 5.77. The standard InChI is InChI=1S/C23H27N3O2/c1-16(2)25-14-12-20(13-15-25)28-19-10-8-18(9-11-19)26-17(3)24-22-7-5-4-6-21(22)23(26)27/h4-11,16,20H,12-15H2,1-3H3. The average Bonchev–Trinajstić information content (AvgIpc) is 2.70. The van der Waals surface area contributed by atoms with Crippen LogP contribution in [-0.2, 0) is 0 Å². The van der Waals surface area contributed by atoms with Crippen LogP contribution in [0.15, 0.2) is 53.3 Å². The van der Waals surface area contributed by atoms with Crippen LogP contribution < -0.4 is 10.3 Å². The molecule has 5 heteroatoms. The van der Waals surface area contributed by atoms with Gasteiger partial charge in [-0.1, -0.05) is 12.1 Å². The number of para-hydroxylation sites is 1. The zero-order valence-electron chi connectivity index (χ0n) is 16.8. The van der Waals surface area contributed by atoms with Gasteiger partial charge in [0.1, 0.15) is 17.7 Å². The van der Waals surface area contributed by atoms with Gasteiger partial charge >= 0.3 is 0 Å². The molecule has 0 unspecified atom stereocenters. The summed E-state index contributed by atoms with van der Waals surface area (Å²) in [5.41, 5.74) is 1.49. The fourth-order valence-electron chi connectivity index (χ4n) is 3.92. The molecular formula is C23H27N3O2. The lowest BCUT2D eigenvalue weighted by molar-refractivity contribution is 0.0843. The quantitative estimate of drug-likeness (QED) is 0.691. The first-order chi connectivity index (χ1) is 13.5. The van der Waals surface area contributed by atoms with Crippen LogP contribution in [0.1, 0.15) is 32.5 Å². The number of piperidine rings is 1. The van der Waals surface area contributed by atoms with Crippen LogP contribution in [0.5, 0.6) is 5.75 Å². The van der Waals surface area contributed by atoms with Gasteiger partial charge in [0, 0.05) is 19.1 Å². The van der Waals surface area contributed by atoms with Crippen LogP contribution in [0.4, 0.5) is 0 Å². The van der Waals surface area contributed by atoms with E-state index in [4.69, 9.17) is 4.74 Å². The first-order valence-corrected chi connectivity index (χ1v) is 10.0. The predicted molar refractivity (Wildman–Crippen MR) is 112 cm³/mol. The number of hydrogen-bond donors (Lipinski definition) is 0. The van der Waals surface area contributed by atoms with Crippen molar-refractivity contribution in [3.8, 4) is 11.4 Å². The highest BCUT2D eigenvalue weighted by Gasteiger charge is 2.22. The molecule has 0 amide bonds. The summed E-state index contributed by atoms with van der Waals surface area (Å²) in [6.07, 6.45) is 2.35. The van der Waals surface area contributed by atoms with E-state index in [0.29, 0.717) is 17.3 Å². The highest BCUT2D eigenvalue weighted by atomic mass is 16.5. The number of likely N-dealkylation sites (tertiary alicyclic amines) is 1. The molecule has 0 spiro atoms. The van der Waals surface area contributed by atoms with Crippen molar-refractivity contribution in [2.24, 2.45) is 0 Å². The van der Waals surface area contributed by atoms with Crippen LogP contribution in [0, 0.1) is 6.92 Å². The first-order valence-electron chi connectivity index (χ1n) is 10.0. The maximum absolute atomic E-state index is 12.9. The topological polar surface area (TPSA) is 47.4 Å². The van der Waals surface area contributed by atoms with Crippen molar-refractivity contribution >= 4 is 10.9 Å². The molecule has 2 aromatic carbocycles. The van der Waals surface area contributed by atoms with E-state index >= 15 is 0 Å². The molecule has 1 aromatic heterocycles. The number of ether oxygens (including phenoxy) is 1. The third-order valence-electron chi connectivity index (χ3n) is 5.55. The van der Waals surface area contributed by atoms with E-state index in [2.05, 4.69) is 23.7 Å². The molecule has 0 aliphatic carbocycles. The van der Waals surface area contributed by atoms with E-state index in [1.54, 1.807) is 4.57 Å². The van der Waals surface area contributed by atoms with Crippen LogP contribution in [0.3, 0.4) is 0 Å². The maximum Gasteiger partial charge on any atom is 0.265 e. The van der Waals surface area contributed by atoms with Crippen molar-refractivity contribution in [3.05, 3.63) is 64.7 Å². The molecule has 3 aromatic rings. The maximum atomic E-state index is 12.9. The molecular weight excluding hydrogens is 350 g/mol. The number of rotatable bonds is 4. The van der Waals surface area contributed by atoms with E-state index in [1.807, 2.05) is 55.5 Å². The lowest BCUT2D eigenvalue weighted by Gasteiger charge is -2.34. The molecule has 28 heavy (non-hydrogen) atoms. The Hall–Kier alpha value is -2.66. The summed E-state index contributed by atoms with van der Waals surface area (Å²) >= 11 is 0.